The Balaban J connectivity index is 1.49. The van der Waals surface area contributed by atoms with Crippen LogP contribution in [0.3, 0.4) is 0 Å². The van der Waals surface area contributed by atoms with Crippen molar-refractivity contribution in [2.75, 3.05) is 31.1 Å². The van der Waals surface area contributed by atoms with E-state index in [1.807, 2.05) is 37.1 Å². The number of fused-ring (bicyclic) bond motifs is 1. The van der Waals surface area contributed by atoms with Gasteiger partial charge in [-0.2, -0.15) is 5.10 Å². The number of imidazole rings is 1. The molecule has 7 nitrogen and oxygen atoms in total. The van der Waals surface area contributed by atoms with Crippen molar-refractivity contribution in [2.45, 2.75) is 13.8 Å². The molecule has 0 spiro atoms. The molecule has 124 valence electrons. The summed E-state index contributed by atoms with van der Waals surface area (Å²) in [5.74, 6) is 0.419. The van der Waals surface area contributed by atoms with Crippen LogP contribution < -0.4 is 4.90 Å². The van der Waals surface area contributed by atoms with E-state index in [-0.39, 0.29) is 5.91 Å². The molecule has 2 aromatic heterocycles. The van der Waals surface area contributed by atoms with Crippen molar-refractivity contribution in [1.29, 1.82) is 0 Å². The normalized spacial score (nSPS) is 15.2. The Labute approximate surface area is 139 Å². The Morgan fingerprint density at radius 3 is 2.67 bits per heavy atom. The number of H-pyrrole nitrogens is 2. The summed E-state index contributed by atoms with van der Waals surface area (Å²) in [4.78, 5) is 24.1. The molecule has 1 saturated heterocycles. The van der Waals surface area contributed by atoms with E-state index in [0.29, 0.717) is 18.9 Å². The fourth-order valence-electron chi connectivity index (χ4n) is 3.18. The van der Waals surface area contributed by atoms with Gasteiger partial charge in [0.1, 0.15) is 0 Å². The number of hydrogen-bond donors (Lipinski definition) is 2. The van der Waals surface area contributed by atoms with Gasteiger partial charge in [-0.1, -0.05) is 6.07 Å². The predicted octanol–water partition coefficient (Wildman–Crippen LogP) is 1.87. The van der Waals surface area contributed by atoms with Gasteiger partial charge in [0.05, 0.1) is 17.4 Å². The molecule has 0 bridgehead atoms. The fraction of sp³-hybridized carbons (Fsp3) is 0.353. The molecule has 4 rings (SSSR count). The Morgan fingerprint density at radius 2 is 1.96 bits per heavy atom. The zero-order chi connectivity index (χ0) is 16.7. The van der Waals surface area contributed by atoms with Crippen LogP contribution in [0.4, 0.5) is 5.69 Å². The first kappa shape index (κ1) is 14.7. The first-order chi connectivity index (χ1) is 11.6. The Morgan fingerprint density at radius 1 is 1.17 bits per heavy atom. The SMILES string of the molecule is Cc1nc(C(=O)N2CCN(c3cccc4[nH]ncc34)CC2)[nH]c1C. The molecular weight excluding hydrogens is 304 g/mol. The highest BCUT2D eigenvalue weighted by atomic mass is 16.2. The maximum atomic E-state index is 12.6. The van der Waals surface area contributed by atoms with Gasteiger partial charge in [-0.05, 0) is 26.0 Å². The van der Waals surface area contributed by atoms with Crippen LogP contribution in [-0.2, 0) is 0 Å². The minimum atomic E-state index is -0.0210. The molecule has 1 amide bonds. The van der Waals surface area contributed by atoms with Crippen LogP contribution in [0.5, 0.6) is 0 Å². The van der Waals surface area contributed by atoms with Crippen LogP contribution in [0.2, 0.25) is 0 Å². The standard InChI is InChI=1S/C17H20N6O/c1-11-12(2)20-16(19-11)17(24)23-8-6-22(7-9-23)15-5-3-4-14-13(15)10-18-21-14/h3-5,10H,6-9H2,1-2H3,(H,18,21)(H,19,20). The zero-order valence-corrected chi connectivity index (χ0v) is 13.8. The number of aromatic amines is 2. The Kier molecular flexibility index (Phi) is 3.48. The van der Waals surface area contributed by atoms with Crippen molar-refractivity contribution in [3.8, 4) is 0 Å². The third-order valence-electron chi connectivity index (χ3n) is 4.70. The molecule has 1 fully saturated rings. The highest BCUT2D eigenvalue weighted by Gasteiger charge is 2.25. The summed E-state index contributed by atoms with van der Waals surface area (Å²) in [5, 5.41) is 8.24. The summed E-state index contributed by atoms with van der Waals surface area (Å²) in [5.41, 5.74) is 4.03. The van der Waals surface area contributed by atoms with E-state index < -0.39 is 0 Å². The first-order valence-corrected chi connectivity index (χ1v) is 8.13. The van der Waals surface area contributed by atoms with Gasteiger partial charge in [0, 0.05) is 42.9 Å². The van der Waals surface area contributed by atoms with Gasteiger partial charge < -0.3 is 14.8 Å². The Bertz CT molecular complexity index is 868. The number of piperazine rings is 1. The van der Waals surface area contributed by atoms with E-state index in [1.165, 1.54) is 0 Å². The highest BCUT2D eigenvalue weighted by molar-refractivity contribution is 5.92. The molecule has 0 radical (unpaired) electrons. The second-order valence-corrected chi connectivity index (χ2v) is 6.18. The van der Waals surface area contributed by atoms with Crippen LogP contribution in [0.15, 0.2) is 24.4 Å². The monoisotopic (exact) mass is 324 g/mol. The number of rotatable bonds is 2. The number of aryl methyl sites for hydroxylation is 2. The average molecular weight is 324 g/mol. The lowest BCUT2D eigenvalue weighted by Crippen LogP contribution is -2.49. The van der Waals surface area contributed by atoms with Crippen molar-refractivity contribution in [1.82, 2.24) is 25.1 Å². The molecule has 0 unspecified atom stereocenters. The molecule has 0 atom stereocenters. The topological polar surface area (TPSA) is 80.9 Å². The number of nitrogens with zero attached hydrogens (tertiary/aromatic N) is 4. The van der Waals surface area contributed by atoms with Gasteiger partial charge in [-0.15, -0.1) is 0 Å². The van der Waals surface area contributed by atoms with Gasteiger partial charge >= 0.3 is 0 Å². The molecule has 7 heteroatoms. The summed E-state index contributed by atoms with van der Waals surface area (Å²) in [7, 11) is 0. The van der Waals surface area contributed by atoms with E-state index >= 15 is 0 Å². The maximum Gasteiger partial charge on any atom is 0.289 e. The van der Waals surface area contributed by atoms with E-state index in [4.69, 9.17) is 0 Å². The average Bonchev–Trinajstić information content (AvgIpc) is 3.21. The molecule has 24 heavy (non-hydrogen) atoms. The number of carbonyl (C=O) groups is 1. The van der Waals surface area contributed by atoms with Gasteiger partial charge in [0.25, 0.3) is 5.91 Å². The van der Waals surface area contributed by atoms with E-state index in [9.17, 15) is 4.79 Å². The van der Waals surface area contributed by atoms with Crippen LogP contribution >= 0.6 is 0 Å². The predicted molar refractivity (Wildman–Crippen MR) is 92.3 cm³/mol. The number of benzene rings is 1. The number of aromatic nitrogens is 4. The largest absolute Gasteiger partial charge is 0.367 e. The second-order valence-electron chi connectivity index (χ2n) is 6.18. The molecule has 1 aliphatic rings. The lowest BCUT2D eigenvalue weighted by Gasteiger charge is -2.36. The third-order valence-corrected chi connectivity index (χ3v) is 4.70. The zero-order valence-electron chi connectivity index (χ0n) is 13.8. The molecule has 2 N–H and O–H groups in total. The van der Waals surface area contributed by atoms with Gasteiger partial charge in [-0.25, -0.2) is 4.98 Å². The summed E-state index contributed by atoms with van der Waals surface area (Å²) in [6.07, 6.45) is 1.86. The van der Waals surface area contributed by atoms with E-state index in [0.717, 1.165) is 41.1 Å². The van der Waals surface area contributed by atoms with Crippen LogP contribution in [0.1, 0.15) is 22.0 Å². The summed E-state index contributed by atoms with van der Waals surface area (Å²) >= 11 is 0. The molecule has 3 heterocycles. The number of hydrogen-bond acceptors (Lipinski definition) is 4. The van der Waals surface area contributed by atoms with E-state index in [1.54, 1.807) is 0 Å². The van der Waals surface area contributed by atoms with Gasteiger partial charge in [0.15, 0.2) is 5.82 Å². The fourth-order valence-corrected chi connectivity index (χ4v) is 3.18. The van der Waals surface area contributed by atoms with Crippen molar-refractivity contribution in [2.24, 2.45) is 0 Å². The van der Waals surface area contributed by atoms with Crippen LogP contribution in [0, 0.1) is 13.8 Å². The van der Waals surface area contributed by atoms with Crippen molar-refractivity contribution in [3.63, 3.8) is 0 Å². The van der Waals surface area contributed by atoms with Crippen molar-refractivity contribution >= 4 is 22.5 Å². The van der Waals surface area contributed by atoms with E-state index in [2.05, 4.69) is 31.1 Å². The number of nitrogens with one attached hydrogen (secondary N) is 2. The highest BCUT2D eigenvalue weighted by Crippen LogP contribution is 2.26. The molecule has 3 aromatic rings. The first-order valence-electron chi connectivity index (χ1n) is 8.13. The van der Waals surface area contributed by atoms with Crippen molar-refractivity contribution < 1.29 is 4.79 Å². The van der Waals surface area contributed by atoms with Crippen molar-refractivity contribution in [3.05, 3.63) is 41.6 Å². The van der Waals surface area contributed by atoms with Crippen LogP contribution in [-0.4, -0.2) is 57.2 Å². The lowest BCUT2D eigenvalue weighted by atomic mass is 10.2. The quantitative estimate of drug-likeness (QED) is 0.754. The molecule has 1 aliphatic heterocycles. The molecular formula is C17H20N6O. The number of amides is 1. The summed E-state index contributed by atoms with van der Waals surface area (Å²) < 4.78 is 0. The third kappa shape index (κ3) is 2.42. The number of anilines is 1. The summed E-state index contributed by atoms with van der Waals surface area (Å²) in [6.45, 7) is 6.82. The molecule has 0 saturated carbocycles. The molecule has 1 aromatic carbocycles. The second kappa shape index (κ2) is 5.67. The lowest BCUT2D eigenvalue weighted by molar-refractivity contribution is 0.0735. The minimum absolute atomic E-state index is 0.0210. The smallest absolute Gasteiger partial charge is 0.289 e. The van der Waals surface area contributed by atoms with Gasteiger partial charge in [-0.3, -0.25) is 9.89 Å². The van der Waals surface area contributed by atoms with Gasteiger partial charge in [0.2, 0.25) is 0 Å². The minimum Gasteiger partial charge on any atom is -0.367 e. The van der Waals surface area contributed by atoms with Crippen LogP contribution in [0.25, 0.3) is 10.9 Å². The number of carbonyl (C=O) groups excluding carboxylic acids is 1. The Hall–Kier alpha value is -2.83. The summed E-state index contributed by atoms with van der Waals surface area (Å²) in [6, 6.07) is 6.16. The maximum absolute atomic E-state index is 12.6. The molecule has 0 aliphatic carbocycles.